The Morgan fingerprint density at radius 2 is 1.05 bits per heavy atom. The molecule has 0 fully saturated rings. The molecule has 0 spiro atoms. The maximum atomic E-state index is 12.8. The summed E-state index contributed by atoms with van der Waals surface area (Å²) in [6, 6.07) is 0. The summed E-state index contributed by atoms with van der Waals surface area (Å²) in [6.45, 7) is 17.2. The van der Waals surface area contributed by atoms with Crippen molar-refractivity contribution in [1.29, 1.82) is 0 Å². The Balaban J connectivity index is 5.23. The van der Waals surface area contributed by atoms with Crippen LogP contribution < -0.4 is 0 Å². The van der Waals surface area contributed by atoms with Gasteiger partial charge in [-0.15, -0.1) is 0 Å². The standard InChI is InChI=1S/C18H38O2S/c1-9-15(5)17(7,11-3)13-21(19,20)14-18(8,12-4)16(6)10-2/h15-16H,9-14H2,1-8H3. The molecule has 0 rings (SSSR count). The lowest BCUT2D eigenvalue weighted by Crippen LogP contribution is -2.39. The lowest BCUT2D eigenvalue weighted by molar-refractivity contribution is 0.207. The largest absolute Gasteiger partial charge is 0.229 e. The van der Waals surface area contributed by atoms with E-state index < -0.39 is 9.84 Å². The van der Waals surface area contributed by atoms with Crippen molar-refractivity contribution in [1.82, 2.24) is 0 Å². The monoisotopic (exact) mass is 318 g/mol. The van der Waals surface area contributed by atoms with Crippen molar-refractivity contribution in [2.75, 3.05) is 11.5 Å². The van der Waals surface area contributed by atoms with E-state index in [2.05, 4.69) is 55.4 Å². The fourth-order valence-electron chi connectivity index (χ4n) is 3.23. The molecule has 0 N–H and O–H groups in total. The average molecular weight is 319 g/mol. The van der Waals surface area contributed by atoms with Gasteiger partial charge < -0.3 is 0 Å². The summed E-state index contributed by atoms with van der Waals surface area (Å²) in [4.78, 5) is 0. The molecule has 0 amide bonds. The van der Waals surface area contributed by atoms with E-state index in [0.717, 1.165) is 25.7 Å². The number of rotatable bonds is 10. The summed E-state index contributed by atoms with van der Waals surface area (Å²) in [7, 11) is -3.03. The molecular weight excluding hydrogens is 280 g/mol. The van der Waals surface area contributed by atoms with Crippen molar-refractivity contribution in [2.45, 2.75) is 81.1 Å². The highest BCUT2D eigenvalue weighted by atomic mass is 32.2. The van der Waals surface area contributed by atoms with E-state index in [9.17, 15) is 8.42 Å². The van der Waals surface area contributed by atoms with Crippen molar-refractivity contribution in [3.05, 3.63) is 0 Å². The molecule has 0 radical (unpaired) electrons. The SMILES string of the molecule is CCC(C)C(C)(CC)CS(=O)(=O)CC(C)(CC)C(C)CC. The van der Waals surface area contributed by atoms with Gasteiger partial charge in [0.2, 0.25) is 0 Å². The van der Waals surface area contributed by atoms with E-state index >= 15 is 0 Å². The molecule has 0 aliphatic carbocycles. The lowest BCUT2D eigenvalue weighted by Gasteiger charge is -2.38. The Hall–Kier alpha value is -0.0500. The van der Waals surface area contributed by atoms with Crippen LogP contribution in [0.15, 0.2) is 0 Å². The van der Waals surface area contributed by atoms with Crippen molar-refractivity contribution >= 4 is 9.84 Å². The predicted molar refractivity (Wildman–Crippen MR) is 94.4 cm³/mol. The van der Waals surface area contributed by atoms with Gasteiger partial charge in [0.1, 0.15) is 0 Å². The molecule has 0 aromatic carbocycles. The Morgan fingerprint density at radius 1 is 0.762 bits per heavy atom. The molecule has 128 valence electrons. The van der Waals surface area contributed by atoms with Crippen molar-refractivity contribution in [3.8, 4) is 0 Å². The Kier molecular flexibility index (Phi) is 7.97. The van der Waals surface area contributed by atoms with E-state index in [1.165, 1.54) is 0 Å². The highest BCUT2D eigenvalue weighted by Gasteiger charge is 2.38. The molecule has 0 aliphatic heterocycles. The third-order valence-corrected chi connectivity index (χ3v) is 8.52. The van der Waals surface area contributed by atoms with E-state index in [1.807, 2.05) is 0 Å². The topological polar surface area (TPSA) is 34.1 Å². The number of sulfone groups is 1. The first kappa shape index (κ1) is 20.9. The first-order valence-electron chi connectivity index (χ1n) is 8.70. The summed E-state index contributed by atoms with van der Waals surface area (Å²) in [5.41, 5.74) is -0.199. The molecule has 0 saturated carbocycles. The van der Waals surface area contributed by atoms with Gasteiger partial charge in [-0.05, 0) is 35.5 Å². The summed E-state index contributed by atoms with van der Waals surface area (Å²) in [6.07, 6.45) is 3.92. The normalized spacial score (nSPS) is 21.3. The predicted octanol–water partition coefficient (Wildman–Crippen LogP) is 5.33. The Morgan fingerprint density at radius 3 is 1.24 bits per heavy atom. The van der Waals surface area contributed by atoms with Crippen LogP contribution in [-0.4, -0.2) is 19.9 Å². The van der Waals surface area contributed by atoms with Crippen molar-refractivity contribution in [2.24, 2.45) is 22.7 Å². The molecule has 0 aromatic heterocycles. The van der Waals surface area contributed by atoms with Crippen molar-refractivity contribution in [3.63, 3.8) is 0 Å². The number of hydrogen-bond acceptors (Lipinski definition) is 2. The molecule has 2 nitrogen and oxygen atoms in total. The zero-order chi connectivity index (χ0) is 16.9. The molecule has 0 aromatic rings. The maximum absolute atomic E-state index is 12.8. The Bertz CT molecular complexity index is 369. The van der Waals surface area contributed by atoms with E-state index in [1.54, 1.807) is 0 Å². The molecule has 0 bridgehead atoms. The zero-order valence-corrected chi connectivity index (χ0v) is 16.4. The maximum Gasteiger partial charge on any atom is 0.151 e. The van der Waals surface area contributed by atoms with Crippen molar-refractivity contribution < 1.29 is 8.42 Å². The van der Waals surface area contributed by atoms with E-state index in [0.29, 0.717) is 23.3 Å². The van der Waals surface area contributed by atoms with Crippen LogP contribution >= 0.6 is 0 Å². The van der Waals surface area contributed by atoms with Gasteiger partial charge >= 0.3 is 0 Å². The fraction of sp³-hybridized carbons (Fsp3) is 1.00. The highest BCUT2D eigenvalue weighted by Crippen LogP contribution is 2.39. The van der Waals surface area contributed by atoms with E-state index in [-0.39, 0.29) is 10.8 Å². The van der Waals surface area contributed by atoms with Gasteiger partial charge in [-0.3, -0.25) is 0 Å². The second kappa shape index (κ2) is 7.99. The van der Waals surface area contributed by atoms with Gasteiger partial charge in [-0.1, -0.05) is 68.2 Å². The molecule has 0 aliphatic rings. The van der Waals surface area contributed by atoms with Crippen LogP contribution in [0.5, 0.6) is 0 Å². The summed E-state index contributed by atoms with van der Waals surface area (Å²) in [5.74, 6) is 1.54. The molecule has 21 heavy (non-hydrogen) atoms. The van der Waals surface area contributed by atoms with Gasteiger partial charge in [0.15, 0.2) is 9.84 Å². The Labute approximate surface area is 134 Å². The van der Waals surface area contributed by atoms with Crippen LogP contribution in [0.25, 0.3) is 0 Å². The molecule has 0 heterocycles. The average Bonchev–Trinajstić information content (AvgIpc) is 2.43. The van der Waals surface area contributed by atoms with Gasteiger partial charge in [0.05, 0.1) is 11.5 Å². The minimum absolute atomic E-state index is 0.0995. The quantitative estimate of drug-likeness (QED) is 0.546. The first-order chi connectivity index (χ1) is 9.50. The zero-order valence-electron chi connectivity index (χ0n) is 15.6. The van der Waals surface area contributed by atoms with Gasteiger partial charge in [0.25, 0.3) is 0 Å². The lowest BCUT2D eigenvalue weighted by atomic mass is 9.76. The van der Waals surface area contributed by atoms with Gasteiger partial charge in [-0.2, -0.15) is 0 Å². The van der Waals surface area contributed by atoms with Crippen LogP contribution in [0.2, 0.25) is 0 Å². The first-order valence-corrected chi connectivity index (χ1v) is 10.5. The van der Waals surface area contributed by atoms with E-state index in [4.69, 9.17) is 0 Å². The highest BCUT2D eigenvalue weighted by molar-refractivity contribution is 7.91. The summed E-state index contributed by atoms with van der Waals surface area (Å²) < 4.78 is 25.6. The minimum Gasteiger partial charge on any atom is -0.229 e. The summed E-state index contributed by atoms with van der Waals surface area (Å²) >= 11 is 0. The second-order valence-corrected chi connectivity index (χ2v) is 9.73. The molecule has 4 unspecified atom stereocenters. The molecule has 0 saturated heterocycles. The third-order valence-electron chi connectivity index (χ3n) is 6.32. The van der Waals surface area contributed by atoms with Crippen LogP contribution in [-0.2, 0) is 9.84 Å². The van der Waals surface area contributed by atoms with Crippen LogP contribution in [0.1, 0.15) is 81.1 Å². The molecule has 3 heteroatoms. The van der Waals surface area contributed by atoms with Crippen LogP contribution in [0.4, 0.5) is 0 Å². The van der Waals surface area contributed by atoms with Crippen LogP contribution in [0.3, 0.4) is 0 Å². The van der Waals surface area contributed by atoms with Crippen LogP contribution in [0, 0.1) is 22.7 Å². The molecular formula is C18H38O2S. The smallest absolute Gasteiger partial charge is 0.151 e. The molecule has 4 atom stereocenters. The van der Waals surface area contributed by atoms with Gasteiger partial charge in [-0.25, -0.2) is 8.42 Å². The minimum atomic E-state index is -3.03. The number of hydrogen-bond donors (Lipinski definition) is 0. The summed E-state index contributed by atoms with van der Waals surface area (Å²) in [5, 5.41) is 0. The third kappa shape index (κ3) is 5.58. The van der Waals surface area contributed by atoms with Gasteiger partial charge in [0, 0.05) is 0 Å². The fourth-order valence-corrected chi connectivity index (χ4v) is 6.32. The second-order valence-electron chi connectivity index (χ2n) is 7.67.